The molecule has 0 aromatic heterocycles. The summed E-state index contributed by atoms with van der Waals surface area (Å²) in [5, 5.41) is 11.9. The highest BCUT2D eigenvalue weighted by molar-refractivity contribution is 5.79. The van der Waals surface area contributed by atoms with Crippen molar-refractivity contribution in [2.45, 2.75) is 25.8 Å². The molecular weight excluding hydrogens is 278 g/mol. The molecular formula is C17H23N3O2. The molecule has 22 heavy (non-hydrogen) atoms. The lowest BCUT2D eigenvalue weighted by Gasteiger charge is -2.35. The van der Waals surface area contributed by atoms with Gasteiger partial charge in [-0.15, -0.1) is 0 Å². The lowest BCUT2D eigenvalue weighted by Crippen LogP contribution is -2.53. The summed E-state index contributed by atoms with van der Waals surface area (Å²) in [7, 11) is 0. The van der Waals surface area contributed by atoms with E-state index in [1.165, 1.54) is 0 Å². The third-order valence-electron chi connectivity index (χ3n) is 3.65. The Labute approximate surface area is 131 Å². The Morgan fingerprint density at radius 3 is 2.55 bits per heavy atom. The molecule has 1 heterocycles. The first-order valence-corrected chi connectivity index (χ1v) is 7.59. The number of morpholine rings is 1. The maximum absolute atomic E-state index is 12.2. The predicted octanol–water partition coefficient (Wildman–Crippen LogP) is 1.33. The first-order chi connectivity index (χ1) is 10.5. The van der Waals surface area contributed by atoms with Crippen LogP contribution in [0.5, 0.6) is 0 Å². The van der Waals surface area contributed by atoms with Crippen LogP contribution in [0.3, 0.4) is 0 Å². The van der Waals surface area contributed by atoms with E-state index < -0.39 is 0 Å². The fourth-order valence-corrected chi connectivity index (χ4v) is 2.66. The van der Waals surface area contributed by atoms with E-state index in [1.54, 1.807) is 12.1 Å². The second-order valence-electron chi connectivity index (χ2n) is 6.31. The van der Waals surface area contributed by atoms with Crippen molar-refractivity contribution < 1.29 is 9.53 Å². The molecule has 1 aliphatic rings. The van der Waals surface area contributed by atoms with Crippen LogP contribution in [-0.2, 0) is 16.0 Å². The molecule has 1 aromatic carbocycles. The van der Waals surface area contributed by atoms with E-state index >= 15 is 0 Å². The molecule has 0 bridgehead atoms. The molecule has 0 unspecified atom stereocenters. The SMILES string of the molecule is CC(C)(CN1CCOCC1)NC(=O)Cc1ccc(C#N)cc1. The molecule has 118 valence electrons. The van der Waals surface area contributed by atoms with Crippen LogP contribution in [-0.4, -0.2) is 49.2 Å². The smallest absolute Gasteiger partial charge is 0.224 e. The van der Waals surface area contributed by atoms with Gasteiger partial charge in [0.15, 0.2) is 0 Å². The summed E-state index contributed by atoms with van der Waals surface area (Å²) in [6.45, 7) is 8.24. The van der Waals surface area contributed by atoms with Gasteiger partial charge in [-0.05, 0) is 31.5 Å². The molecule has 0 radical (unpaired) electrons. The second kappa shape index (κ2) is 7.39. The summed E-state index contributed by atoms with van der Waals surface area (Å²) < 4.78 is 5.34. The van der Waals surface area contributed by atoms with Gasteiger partial charge in [-0.2, -0.15) is 5.26 Å². The van der Waals surface area contributed by atoms with Crippen molar-refractivity contribution in [1.82, 2.24) is 10.2 Å². The van der Waals surface area contributed by atoms with Crippen LogP contribution in [0.1, 0.15) is 25.0 Å². The second-order valence-corrected chi connectivity index (χ2v) is 6.31. The Morgan fingerprint density at radius 2 is 1.95 bits per heavy atom. The van der Waals surface area contributed by atoms with Crippen molar-refractivity contribution >= 4 is 5.91 Å². The first kappa shape index (κ1) is 16.5. The topological polar surface area (TPSA) is 65.4 Å². The fraction of sp³-hybridized carbons (Fsp3) is 0.529. The first-order valence-electron chi connectivity index (χ1n) is 7.59. The monoisotopic (exact) mass is 301 g/mol. The zero-order valence-electron chi connectivity index (χ0n) is 13.3. The Kier molecular flexibility index (Phi) is 5.53. The predicted molar refractivity (Wildman–Crippen MR) is 84.3 cm³/mol. The summed E-state index contributed by atoms with van der Waals surface area (Å²) in [4.78, 5) is 14.5. The van der Waals surface area contributed by atoms with E-state index in [2.05, 4.69) is 16.3 Å². The van der Waals surface area contributed by atoms with E-state index in [0.29, 0.717) is 12.0 Å². The third kappa shape index (κ3) is 5.14. The molecule has 0 aliphatic carbocycles. The molecule has 1 amide bonds. The van der Waals surface area contributed by atoms with Crippen LogP contribution in [0.4, 0.5) is 0 Å². The highest BCUT2D eigenvalue weighted by Gasteiger charge is 2.24. The van der Waals surface area contributed by atoms with Crippen molar-refractivity contribution in [1.29, 1.82) is 5.26 Å². The van der Waals surface area contributed by atoms with Crippen LogP contribution in [0.2, 0.25) is 0 Å². The molecule has 0 atom stereocenters. The van der Waals surface area contributed by atoms with Crippen molar-refractivity contribution in [3.63, 3.8) is 0 Å². The lowest BCUT2D eigenvalue weighted by molar-refractivity contribution is -0.122. The normalized spacial score (nSPS) is 16.0. The summed E-state index contributed by atoms with van der Waals surface area (Å²) in [6.07, 6.45) is 0.332. The molecule has 1 fully saturated rings. The van der Waals surface area contributed by atoms with E-state index in [0.717, 1.165) is 38.4 Å². The van der Waals surface area contributed by atoms with Crippen LogP contribution < -0.4 is 5.32 Å². The number of rotatable bonds is 5. The van der Waals surface area contributed by atoms with Gasteiger partial charge in [0.05, 0.1) is 31.3 Å². The summed E-state index contributed by atoms with van der Waals surface area (Å²) in [5.74, 6) is 0.00275. The summed E-state index contributed by atoms with van der Waals surface area (Å²) >= 11 is 0. The number of amides is 1. The van der Waals surface area contributed by atoms with Crippen LogP contribution in [0.15, 0.2) is 24.3 Å². The van der Waals surface area contributed by atoms with Crippen molar-refractivity contribution in [2.75, 3.05) is 32.8 Å². The fourth-order valence-electron chi connectivity index (χ4n) is 2.66. The molecule has 1 saturated heterocycles. The summed E-state index contributed by atoms with van der Waals surface area (Å²) in [6, 6.07) is 9.20. The van der Waals surface area contributed by atoms with Crippen LogP contribution in [0, 0.1) is 11.3 Å². The van der Waals surface area contributed by atoms with Gasteiger partial charge in [-0.3, -0.25) is 9.69 Å². The number of hydrogen-bond donors (Lipinski definition) is 1. The van der Waals surface area contributed by atoms with E-state index in [4.69, 9.17) is 10.00 Å². The van der Waals surface area contributed by atoms with Crippen molar-refractivity contribution in [3.8, 4) is 6.07 Å². The molecule has 2 rings (SSSR count). The lowest BCUT2D eigenvalue weighted by atomic mass is 10.0. The Bertz CT molecular complexity index is 540. The number of nitrogens with one attached hydrogen (secondary N) is 1. The molecule has 0 spiro atoms. The Balaban J connectivity index is 1.85. The average Bonchev–Trinajstić information content (AvgIpc) is 2.47. The highest BCUT2D eigenvalue weighted by Crippen LogP contribution is 2.10. The number of nitrogens with zero attached hydrogens (tertiary/aromatic N) is 2. The highest BCUT2D eigenvalue weighted by atomic mass is 16.5. The summed E-state index contributed by atoms with van der Waals surface area (Å²) in [5.41, 5.74) is 1.25. The minimum absolute atomic E-state index is 0.00275. The largest absolute Gasteiger partial charge is 0.379 e. The Hall–Kier alpha value is -1.90. The number of ether oxygens (including phenoxy) is 1. The maximum Gasteiger partial charge on any atom is 0.224 e. The quantitative estimate of drug-likeness (QED) is 0.891. The minimum Gasteiger partial charge on any atom is -0.379 e. The van der Waals surface area contributed by atoms with Gasteiger partial charge in [0.2, 0.25) is 5.91 Å². The van der Waals surface area contributed by atoms with Gasteiger partial charge in [0.1, 0.15) is 0 Å². The van der Waals surface area contributed by atoms with Gasteiger partial charge < -0.3 is 10.1 Å². The zero-order chi connectivity index (χ0) is 16.0. The molecule has 1 aliphatic heterocycles. The van der Waals surface area contributed by atoms with Gasteiger partial charge in [-0.25, -0.2) is 0 Å². The number of hydrogen-bond acceptors (Lipinski definition) is 4. The van der Waals surface area contributed by atoms with Crippen molar-refractivity contribution in [2.24, 2.45) is 0 Å². The number of benzene rings is 1. The molecule has 1 N–H and O–H groups in total. The standard InChI is InChI=1S/C17H23N3O2/c1-17(2,13-20-7-9-22-10-8-20)19-16(21)11-14-3-5-15(12-18)6-4-14/h3-6H,7-11,13H2,1-2H3,(H,19,21). The van der Waals surface area contributed by atoms with Crippen LogP contribution >= 0.6 is 0 Å². The molecule has 5 nitrogen and oxygen atoms in total. The number of nitriles is 1. The molecule has 1 aromatic rings. The van der Waals surface area contributed by atoms with E-state index in [1.807, 2.05) is 26.0 Å². The maximum atomic E-state index is 12.2. The number of carbonyl (C=O) groups excluding carboxylic acids is 1. The van der Waals surface area contributed by atoms with Gasteiger partial charge in [0, 0.05) is 25.2 Å². The van der Waals surface area contributed by atoms with E-state index in [9.17, 15) is 4.79 Å². The molecule has 5 heteroatoms. The van der Waals surface area contributed by atoms with Gasteiger partial charge in [-0.1, -0.05) is 12.1 Å². The van der Waals surface area contributed by atoms with Gasteiger partial charge in [0.25, 0.3) is 0 Å². The van der Waals surface area contributed by atoms with Gasteiger partial charge >= 0.3 is 0 Å². The average molecular weight is 301 g/mol. The minimum atomic E-state index is -0.277. The third-order valence-corrected chi connectivity index (χ3v) is 3.65. The number of carbonyl (C=O) groups is 1. The van der Waals surface area contributed by atoms with Crippen LogP contribution in [0.25, 0.3) is 0 Å². The molecule has 0 saturated carbocycles. The van der Waals surface area contributed by atoms with E-state index in [-0.39, 0.29) is 11.4 Å². The Morgan fingerprint density at radius 1 is 1.32 bits per heavy atom. The van der Waals surface area contributed by atoms with Crippen molar-refractivity contribution in [3.05, 3.63) is 35.4 Å². The zero-order valence-corrected chi connectivity index (χ0v) is 13.3.